The normalized spacial score (nSPS) is 12.2. The molecule has 0 rings (SSSR count). The summed E-state index contributed by atoms with van der Waals surface area (Å²) in [5, 5.41) is 11.7. The Bertz CT molecular complexity index is 183. The Kier molecular flexibility index (Phi) is 7.06. The topological polar surface area (TPSA) is 52.6 Å². The standard InChI is InChI=1S/C10H20N2O2/c1-4-5-12(6-7-13)10(14)9(2)8-11-3/h4,9,11,13H,1,5-8H2,2-3H3. The number of rotatable bonds is 7. The molecule has 0 heterocycles. The van der Waals surface area contributed by atoms with E-state index in [1.807, 2.05) is 14.0 Å². The first kappa shape index (κ1) is 13.1. The van der Waals surface area contributed by atoms with Crippen molar-refractivity contribution in [1.82, 2.24) is 10.2 Å². The van der Waals surface area contributed by atoms with Crippen molar-refractivity contribution in [3.05, 3.63) is 12.7 Å². The van der Waals surface area contributed by atoms with E-state index in [-0.39, 0.29) is 18.4 Å². The molecule has 0 aromatic heterocycles. The summed E-state index contributed by atoms with van der Waals surface area (Å²) in [6.45, 7) is 6.96. The highest BCUT2D eigenvalue weighted by molar-refractivity contribution is 5.78. The molecule has 0 aromatic carbocycles. The number of nitrogens with one attached hydrogen (secondary N) is 1. The number of carbonyl (C=O) groups excluding carboxylic acids is 1. The number of aliphatic hydroxyl groups is 1. The van der Waals surface area contributed by atoms with Gasteiger partial charge < -0.3 is 15.3 Å². The first-order chi connectivity index (χ1) is 6.67. The Morgan fingerprint density at radius 1 is 1.71 bits per heavy atom. The van der Waals surface area contributed by atoms with Gasteiger partial charge in [0.2, 0.25) is 5.91 Å². The van der Waals surface area contributed by atoms with E-state index in [2.05, 4.69) is 11.9 Å². The number of nitrogens with zero attached hydrogens (tertiary/aromatic N) is 1. The predicted octanol–water partition coefficient (Wildman–Crippen LogP) is -0.151. The number of amides is 1. The van der Waals surface area contributed by atoms with E-state index in [0.29, 0.717) is 19.6 Å². The van der Waals surface area contributed by atoms with E-state index in [4.69, 9.17) is 5.11 Å². The van der Waals surface area contributed by atoms with Crippen molar-refractivity contribution in [2.75, 3.05) is 33.3 Å². The first-order valence-corrected chi connectivity index (χ1v) is 4.82. The summed E-state index contributed by atoms with van der Waals surface area (Å²) in [5.41, 5.74) is 0. The van der Waals surface area contributed by atoms with E-state index in [9.17, 15) is 4.79 Å². The fourth-order valence-corrected chi connectivity index (χ4v) is 1.27. The minimum absolute atomic E-state index is 0.00808. The summed E-state index contributed by atoms with van der Waals surface area (Å²) in [7, 11) is 1.81. The molecule has 0 fully saturated rings. The third kappa shape index (κ3) is 4.39. The van der Waals surface area contributed by atoms with Gasteiger partial charge in [-0.2, -0.15) is 0 Å². The predicted molar refractivity (Wildman–Crippen MR) is 57.0 cm³/mol. The van der Waals surface area contributed by atoms with Gasteiger partial charge in [0.05, 0.1) is 6.61 Å². The minimum atomic E-state index is -0.0634. The van der Waals surface area contributed by atoms with Gasteiger partial charge in [0.1, 0.15) is 0 Å². The van der Waals surface area contributed by atoms with Crippen molar-refractivity contribution in [3.8, 4) is 0 Å². The Hall–Kier alpha value is -0.870. The van der Waals surface area contributed by atoms with E-state index >= 15 is 0 Å². The summed E-state index contributed by atoms with van der Waals surface area (Å²) in [4.78, 5) is 13.3. The largest absolute Gasteiger partial charge is 0.395 e. The number of hydrogen-bond acceptors (Lipinski definition) is 3. The Morgan fingerprint density at radius 2 is 2.36 bits per heavy atom. The maximum absolute atomic E-state index is 11.7. The van der Waals surface area contributed by atoms with Crippen LogP contribution in [0.15, 0.2) is 12.7 Å². The van der Waals surface area contributed by atoms with Crippen molar-refractivity contribution in [2.45, 2.75) is 6.92 Å². The molecule has 82 valence electrons. The fourth-order valence-electron chi connectivity index (χ4n) is 1.27. The van der Waals surface area contributed by atoms with E-state index in [0.717, 1.165) is 0 Å². The number of aliphatic hydroxyl groups excluding tert-OH is 1. The molecule has 1 atom stereocenters. The molecule has 0 aromatic rings. The number of carbonyl (C=O) groups is 1. The van der Waals surface area contributed by atoms with Crippen LogP contribution < -0.4 is 5.32 Å². The van der Waals surface area contributed by atoms with Crippen LogP contribution in [0.1, 0.15) is 6.92 Å². The average molecular weight is 200 g/mol. The van der Waals surface area contributed by atoms with Crippen LogP contribution in [0.25, 0.3) is 0 Å². The molecular weight excluding hydrogens is 180 g/mol. The van der Waals surface area contributed by atoms with Gasteiger partial charge in [0.25, 0.3) is 0 Å². The average Bonchev–Trinajstić information content (AvgIpc) is 2.17. The van der Waals surface area contributed by atoms with Crippen molar-refractivity contribution < 1.29 is 9.90 Å². The highest BCUT2D eigenvalue weighted by atomic mass is 16.3. The molecule has 1 unspecified atom stereocenters. The molecule has 0 aliphatic heterocycles. The molecule has 0 radical (unpaired) electrons. The third-order valence-electron chi connectivity index (χ3n) is 1.96. The van der Waals surface area contributed by atoms with Crippen LogP contribution in [-0.2, 0) is 4.79 Å². The zero-order valence-corrected chi connectivity index (χ0v) is 8.99. The molecule has 1 amide bonds. The second kappa shape index (κ2) is 7.53. The molecule has 14 heavy (non-hydrogen) atoms. The van der Waals surface area contributed by atoms with Gasteiger partial charge in [-0.3, -0.25) is 4.79 Å². The van der Waals surface area contributed by atoms with Crippen LogP contribution in [0.2, 0.25) is 0 Å². The summed E-state index contributed by atoms with van der Waals surface area (Å²) < 4.78 is 0. The summed E-state index contributed by atoms with van der Waals surface area (Å²) in [5.74, 6) is -0.0141. The van der Waals surface area contributed by atoms with Crippen molar-refractivity contribution in [1.29, 1.82) is 0 Å². The second-order valence-corrected chi connectivity index (χ2v) is 3.26. The molecule has 0 spiro atoms. The smallest absolute Gasteiger partial charge is 0.227 e. The number of hydrogen-bond donors (Lipinski definition) is 2. The van der Waals surface area contributed by atoms with Crippen LogP contribution in [0.3, 0.4) is 0 Å². The monoisotopic (exact) mass is 200 g/mol. The lowest BCUT2D eigenvalue weighted by Crippen LogP contribution is -2.40. The quantitative estimate of drug-likeness (QED) is 0.562. The zero-order valence-electron chi connectivity index (χ0n) is 8.99. The highest BCUT2D eigenvalue weighted by Gasteiger charge is 2.17. The fraction of sp³-hybridized carbons (Fsp3) is 0.700. The molecule has 4 heteroatoms. The van der Waals surface area contributed by atoms with Crippen LogP contribution in [-0.4, -0.2) is 49.2 Å². The van der Waals surface area contributed by atoms with Gasteiger partial charge in [-0.25, -0.2) is 0 Å². The highest BCUT2D eigenvalue weighted by Crippen LogP contribution is 2.01. The molecular formula is C10H20N2O2. The van der Waals surface area contributed by atoms with Gasteiger partial charge in [-0.15, -0.1) is 6.58 Å². The van der Waals surface area contributed by atoms with E-state index in [1.54, 1.807) is 11.0 Å². The first-order valence-electron chi connectivity index (χ1n) is 4.82. The second-order valence-electron chi connectivity index (χ2n) is 3.26. The third-order valence-corrected chi connectivity index (χ3v) is 1.96. The van der Waals surface area contributed by atoms with Crippen LogP contribution >= 0.6 is 0 Å². The van der Waals surface area contributed by atoms with Gasteiger partial charge in [0.15, 0.2) is 0 Å². The molecule has 0 bridgehead atoms. The van der Waals surface area contributed by atoms with Gasteiger partial charge in [-0.05, 0) is 7.05 Å². The van der Waals surface area contributed by atoms with Crippen molar-refractivity contribution in [2.24, 2.45) is 5.92 Å². The van der Waals surface area contributed by atoms with Crippen LogP contribution in [0.5, 0.6) is 0 Å². The Morgan fingerprint density at radius 3 is 2.79 bits per heavy atom. The molecule has 0 aliphatic rings. The summed E-state index contributed by atoms with van der Waals surface area (Å²) in [6.07, 6.45) is 1.67. The van der Waals surface area contributed by atoms with Gasteiger partial charge in [-0.1, -0.05) is 13.0 Å². The Balaban J connectivity index is 4.18. The zero-order chi connectivity index (χ0) is 11.0. The van der Waals surface area contributed by atoms with E-state index in [1.165, 1.54) is 0 Å². The molecule has 0 saturated carbocycles. The van der Waals surface area contributed by atoms with E-state index < -0.39 is 0 Å². The lowest BCUT2D eigenvalue weighted by molar-refractivity contribution is -0.134. The minimum Gasteiger partial charge on any atom is -0.395 e. The van der Waals surface area contributed by atoms with Crippen molar-refractivity contribution in [3.63, 3.8) is 0 Å². The van der Waals surface area contributed by atoms with Crippen LogP contribution in [0, 0.1) is 5.92 Å². The molecule has 2 N–H and O–H groups in total. The maximum Gasteiger partial charge on any atom is 0.227 e. The Labute approximate surface area is 85.6 Å². The molecule has 0 saturated heterocycles. The summed E-state index contributed by atoms with van der Waals surface area (Å²) >= 11 is 0. The lowest BCUT2D eigenvalue weighted by Gasteiger charge is -2.23. The lowest BCUT2D eigenvalue weighted by atomic mass is 10.1. The SMILES string of the molecule is C=CCN(CCO)C(=O)C(C)CNC. The summed E-state index contributed by atoms with van der Waals surface area (Å²) in [6, 6.07) is 0. The molecule has 4 nitrogen and oxygen atoms in total. The van der Waals surface area contributed by atoms with Crippen LogP contribution in [0.4, 0.5) is 0 Å². The van der Waals surface area contributed by atoms with Gasteiger partial charge in [0, 0.05) is 25.6 Å². The van der Waals surface area contributed by atoms with Crippen molar-refractivity contribution >= 4 is 5.91 Å². The van der Waals surface area contributed by atoms with Gasteiger partial charge >= 0.3 is 0 Å². The molecule has 0 aliphatic carbocycles. The maximum atomic E-state index is 11.7.